The maximum atomic E-state index is 11.9. The largest absolute Gasteiger partial charge is 0.461 e. The van der Waals surface area contributed by atoms with Crippen LogP contribution < -0.4 is 5.32 Å². The Bertz CT molecular complexity index is 465. The van der Waals surface area contributed by atoms with Gasteiger partial charge in [0.1, 0.15) is 0 Å². The summed E-state index contributed by atoms with van der Waals surface area (Å²) in [4.78, 5) is 11.9. The van der Waals surface area contributed by atoms with Gasteiger partial charge in [-0.3, -0.25) is 4.68 Å². The van der Waals surface area contributed by atoms with Gasteiger partial charge in [-0.15, -0.1) is 0 Å². The van der Waals surface area contributed by atoms with E-state index in [1.807, 2.05) is 4.68 Å². The Morgan fingerprint density at radius 3 is 3.11 bits per heavy atom. The zero-order valence-corrected chi connectivity index (χ0v) is 10.4. The molecule has 0 aromatic carbocycles. The van der Waals surface area contributed by atoms with E-state index in [2.05, 4.69) is 10.4 Å². The van der Waals surface area contributed by atoms with Gasteiger partial charge >= 0.3 is 5.97 Å². The van der Waals surface area contributed by atoms with Gasteiger partial charge in [0.25, 0.3) is 0 Å². The molecule has 0 spiro atoms. The minimum atomic E-state index is -0.323. The van der Waals surface area contributed by atoms with E-state index in [-0.39, 0.29) is 12.0 Å². The summed E-state index contributed by atoms with van der Waals surface area (Å²) in [6, 6.07) is 0.278. The molecule has 1 fully saturated rings. The number of nitrogens with one attached hydrogen (secondary N) is 1. The second kappa shape index (κ2) is 4.70. The molecule has 1 N–H and O–H groups in total. The lowest BCUT2D eigenvalue weighted by Gasteiger charge is -2.28. The summed E-state index contributed by atoms with van der Waals surface area (Å²) in [5, 5.41) is 7.73. The molecule has 0 saturated carbocycles. The molecular formula is C12H17N3O3. The molecule has 2 aliphatic heterocycles. The lowest BCUT2D eigenvalue weighted by Crippen LogP contribution is -2.34. The third kappa shape index (κ3) is 1.81. The predicted octanol–water partition coefficient (Wildman–Crippen LogP) is 0.277. The van der Waals surface area contributed by atoms with Gasteiger partial charge in [0.15, 0.2) is 5.69 Å². The zero-order chi connectivity index (χ0) is 12.5. The van der Waals surface area contributed by atoms with Crippen LogP contribution in [0, 0.1) is 0 Å². The number of ether oxygens (including phenoxy) is 2. The maximum Gasteiger partial charge on any atom is 0.359 e. The maximum absolute atomic E-state index is 11.9. The number of hydrogen-bond donors (Lipinski definition) is 1. The highest BCUT2D eigenvalue weighted by molar-refractivity contribution is 5.89. The minimum Gasteiger partial charge on any atom is -0.461 e. The summed E-state index contributed by atoms with van der Waals surface area (Å²) >= 11 is 0. The van der Waals surface area contributed by atoms with Gasteiger partial charge in [0.05, 0.1) is 25.9 Å². The summed E-state index contributed by atoms with van der Waals surface area (Å²) in [6.07, 6.45) is 0.901. The van der Waals surface area contributed by atoms with Gasteiger partial charge in [0.2, 0.25) is 0 Å². The Labute approximate surface area is 105 Å². The molecule has 6 heteroatoms. The van der Waals surface area contributed by atoms with Crippen LogP contribution in [0.2, 0.25) is 0 Å². The Kier molecular flexibility index (Phi) is 3.05. The fourth-order valence-corrected chi connectivity index (χ4v) is 2.40. The number of nitrogens with zero attached hydrogens (tertiary/aromatic N) is 2. The van der Waals surface area contributed by atoms with Crippen molar-refractivity contribution in [3.05, 3.63) is 17.0 Å². The number of aromatic nitrogens is 2. The summed E-state index contributed by atoms with van der Waals surface area (Å²) < 4.78 is 12.2. The topological polar surface area (TPSA) is 65.4 Å². The molecule has 6 nitrogen and oxygen atoms in total. The average Bonchev–Trinajstić information content (AvgIpc) is 2.68. The van der Waals surface area contributed by atoms with Crippen LogP contribution >= 0.6 is 0 Å². The normalized spacial score (nSPS) is 19.2. The first kappa shape index (κ1) is 11.7. The quantitative estimate of drug-likeness (QED) is 0.781. The van der Waals surface area contributed by atoms with Gasteiger partial charge in [-0.2, -0.15) is 5.10 Å². The van der Waals surface area contributed by atoms with Crippen LogP contribution in [0.15, 0.2) is 0 Å². The third-order valence-corrected chi connectivity index (χ3v) is 3.39. The van der Waals surface area contributed by atoms with Crippen molar-refractivity contribution in [1.82, 2.24) is 15.1 Å². The van der Waals surface area contributed by atoms with Crippen LogP contribution in [0.25, 0.3) is 0 Å². The van der Waals surface area contributed by atoms with Crippen molar-refractivity contribution in [2.24, 2.45) is 0 Å². The number of hydrogen-bond acceptors (Lipinski definition) is 5. The van der Waals surface area contributed by atoms with Crippen molar-refractivity contribution < 1.29 is 14.3 Å². The standard InChI is InChI=1S/C12H17N3O3/c1-2-18-12(16)11-9-5-13-4-3-10(9)15(14-11)8-6-17-7-8/h8,13H,2-7H2,1H3. The van der Waals surface area contributed by atoms with Crippen molar-refractivity contribution >= 4 is 5.97 Å². The van der Waals surface area contributed by atoms with Crippen molar-refractivity contribution in [2.45, 2.75) is 25.9 Å². The monoisotopic (exact) mass is 251 g/mol. The van der Waals surface area contributed by atoms with Crippen molar-refractivity contribution in [2.75, 3.05) is 26.4 Å². The molecule has 0 aliphatic carbocycles. The zero-order valence-electron chi connectivity index (χ0n) is 10.4. The number of esters is 1. The summed E-state index contributed by atoms with van der Waals surface area (Å²) in [7, 11) is 0. The minimum absolute atomic E-state index is 0.278. The van der Waals surface area contributed by atoms with Crippen molar-refractivity contribution in [1.29, 1.82) is 0 Å². The summed E-state index contributed by atoms with van der Waals surface area (Å²) in [6.45, 7) is 5.17. The van der Waals surface area contributed by atoms with Crippen LogP contribution in [-0.2, 0) is 22.4 Å². The van der Waals surface area contributed by atoms with Gasteiger partial charge in [-0.25, -0.2) is 4.79 Å². The van der Waals surface area contributed by atoms with Crippen LogP contribution in [-0.4, -0.2) is 42.1 Å². The number of fused-ring (bicyclic) bond motifs is 1. The SMILES string of the molecule is CCOC(=O)c1nn(C2COC2)c2c1CNCC2. The van der Waals surface area contributed by atoms with Gasteiger partial charge in [0, 0.05) is 30.8 Å². The molecule has 0 bridgehead atoms. The Balaban J connectivity index is 1.97. The smallest absolute Gasteiger partial charge is 0.359 e. The molecule has 0 unspecified atom stereocenters. The first-order valence-corrected chi connectivity index (χ1v) is 6.37. The Morgan fingerprint density at radius 2 is 2.44 bits per heavy atom. The second-order valence-electron chi connectivity index (χ2n) is 4.56. The average molecular weight is 251 g/mol. The lowest BCUT2D eigenvalue weighted by atomic mass is 10.1. The molecule has 1 saturated heterocycles. The molecule has 98 valence electrons. The number of carbonyl (C=O) groups is 1. The molecule has 0 amide bonds. The van der Waals surface area contributed by atoms with E-state index >= 15 is 0 Å². The van der Waals surface area contributed by atoms with E-state index < -0.39 is 0 Å². The Hall–Kier alpha value is -1.40. The number of rotatable bonds is 3. The van der Waals surface area contributed by atoms with E-state index in [0.717, 1.165) is 24.2 Å². The molecular weight excluding hydrogens is 234 g/mol. The highest BCUT2D eigenvalue weighted by Crippen LogP contribution is 2.26. The predicted molar refractivity (Wildman–Crippen MR) is 63.5 cm³/mol. The van der Waals surface area contributed by atoms with E-state index in [4.69, 9.17) is 9.47 Å². The molecule has 1 aromatic heterocycles. The third-order valence-electron chi connectivity index (χ3n) is 3.39. The molecule has 0 radical (unpaired) electrons. The first-order chi connectivity index (χ1) is 8.81. The lowest BCUT2D eigenvalue weighted by molar-refractivity contribution is -0.0301. The van der Waals surface area contributed by atoms with Gasteiger partial charge in [-0.1, -0.05) is 0 Å². The fraction of sp³-hybridized carbons (Fsp3) is 0.667. The fourth-order valence-electron chi connectivity index (χ4n) is 2.40. The molecule has 3 heterocycles. The van der Waals surface area contributed by atoms with Crippen LogP contribution in [0.1, 0.15) is 34.7 Å². The van der Waals surface area contributed by atoms with E-state index in [1.165, 1.54) is 0 Å². The van der Waals surface area contributed by atoms with Crippen LogP contribution in [0.4, 0.5) is 0 Å². The number of carbonyl (C=O) groups excluding carboxylic acids is 1. The van der Waals surface area contributed by atoms with E-state index in [0.29, 0.717) is 32.1 Å². The van der Waals surface area contributed by atoms with Gasteiger partial charge in [-0.05, 0) is 6.92 Å². The Morgan fingerprint density at radius 1 is 1.61 bits per heavy atom. The van der Waals surface area contributed by atoms with Crippen molar-refractivity contribution in [3.8, 4) is 0 Å². The molecule has 3 rings (SSSR count). The summed E-state index contributed by atoms with van der Waals surface area (Å²) in [5.41, 5.74) is 2.61. The van der Waals surface area contributed by atoms with E-state index in [9.17, 15) is 4.79 Å². The molecule has 1 aromatic rings. The van der Waals surface area contributed by atoms with Crippen LogP contribution in [0.5, 0.6) is 0 Å². The van der Waals surface area contributed by atoms with Gasteiger partial charge < -0.3 is 14.8 Å². The second-order valence-corrected chi connectivity index (χ2v) is 4.56. The highest BCUT2D eigenvalue weighted by atomic mass is 16.5. The molecule has 2 aliphatic rings. The highest BCUT2D eigenvalue weighted by Gasteiger charge is 2.31. The molecule has 0 atom stereocenters. The van der Waals surface area contributed by atoms with E-state index in [1.54, 1.807) is 6.92 Å². The van der Waals surface area contributed by atoms with Crippen molar-refractivity contribution in [3.63, 3.8) is 0 Å². The summed E-state index contributed by atoms with van der Waals surface area (Å²) in [5.74, 6) is -0.323. The first-order valence-electron chi connectivity index (χ1n) is 6.37. The molecule has 18 heavy (non-hydrogen) atoms. The van der Waals surface area contributed by atoms with Crippen LogP contribution in [0.3, 0.4) is 0 Å².